The van der Waals surface area contributed by atoms with Crippen LogP contribution < -0.4 is 5.56 Å². The molecule has 0 bridgehead atoms. The lowest BCUT2D eigenvalue weighted by atomic mass is 10.1. The van der Waals surface area contributed by atoms with Gasteiger partial charge in [0.05, 0.1) is 11.6 Å². The molecule has 2 rings (SSSR count). The first-order chi connectivity index (χ1) is 7.29. The molecule has 1 aromatic heterocycles. The summed E-state index contributed by atoms with van der Waals surface area (Å²) in [6.45, 7) is 0. The molecule has 0 fully saturated rings. The number of alkyl halides is 1. The fourth-order valence-corrected chi connectivity index (χ4v) is 1.45. The fraction of sp³-hybridized carbons (Fsp3) is 0.0909. The minimum Gasteiger partial charge on any atom is -0.310 e. The van der Waals surface area contributed by atoms with Crippen molar-refractivity contribution in [2.45, 2.75) is 5.88 Å². The van der Waals surface area contributed by atoms with Gasteiger partial charge in [-0.2, -0.15) is 0 Å². The summed E-state index contributed by atoms with van der Waals surface area (Å²) in [6, 6.07) is 11.0. The minimum atomic E-state index is -0.181. The normalized spacial score (nSPS) is 10.2. The molecule has 0 unspecified atom stereocenters. The molecule has 0 radical (unpaired) electrons. The van der Waals surface area contributed by atoms with Gasteiger partial charge in [0.25, 0.3) is 5.56 Å². The van der Waals surface area contributed by atoms with Crippen molar-refractivity contribution in [3.8, 4) is 11.3 Å². The van der Waals surface area contributed by atoms with E-state index in [0.717, 1.165) is 5.56 Å². The first-order valence-corrected chi connectivity index (χ1v) is 5.04. The zero-order chi connectivity index (χ0) is 10.7. The molecule has 15 heavy (non-hydrogen) atoms. The molecule has 0 atom stereocenters. The van der Waals surface area contributed by atoms with Gasteiger partial charge in [-0.1, -0.05) is 30.3 Å². The number of nitrogens with one attached hydrogen (secondary N) is 1. The van der Waals surface area contributed by atoms with Crippen LogP contribution in [0.5, 0.6) is 0 Å². The van der Waals surface area contributed by atoms with Crippen LogP contribution in [0.2, 0.25) is 0 Å². The van der Waals surface area contributed by atoms with Gasteiger partial charge in [0.2, 0.25) is 0 Å². The molecule has 0 aliphatic carbocycles. The summed E-state index contributed by atoms with van der Waals surface area (Å²) in [5.74, 6) is 0.693. The largest absolute Gasteiger partial charge is 0.310 e. The number of rotatable bonds is 2. The number of aromatic nitrogens is 2. The highest BCUT2D eigenvalue weighted by molar-refractivity contribution is 6.16. The van der Waals surface area contributed by atoms with E-state index in [-0.39, 0.29) is 11.4 Å². The quantitative estimate of drug-likeness (QED) is 0.789. The smallest absolute Gasteiger partial charge is 0.251 e. The van der Waals surface area contributed by atoms with Crippen molar-refractivity contribution >= 4 is 11.6 Å². The van der Waals surface area contributed by atoms with Crippen molar-refractivity contribution in [2.24, 2.45) is 0 Å². The van der Waals surface area contributed by atoms with Gasteiger partial charge in [0.1, 0.15) is 5.82 Å². The summed E-state index contributed by atoms with van der Waals surface area (Å²) in [7, 11) is 0. The second-order valence-corrected chi connectivity index (χ2v) is 3.34. The van der Waals surface area contributed by atoms with E-state index in [1.165, 1.54) is 6.07 Å². The Hall–Kier alpha value is -1.61. The third-order valence-corrected chi connectivity index (χ3v) is 2.24. The second-order valence-electron chi connectivity index (χ2n) is 3.08. The Labute approximate surface area is 91.8 Å². The Morgan fingerprint density at radius 2 is 2.00 bits per heavy atom. The van der Waals surface area contributed by atoms with Crippen LogP contribution in [-0.4, -0.2) is 9.97 Å². The standard InChI is InChI=1S/C11H9ClN2O/c12-7-10-13-9(6-11(15)14-10)8-4-2-1-3-5-8/h1-6H,7H2,(H,13,14,15). The van der Waals surface area contributed by atoms with Gasteiger partial charge >= 0.3 is 0 Å². The van der Waals surface area contributed by atoms with Gasteiger partial charge in [0.15, 0.2) is 0 Å². The topological polar surface area (TPSA) is 45.8 Å². The predicted octanol–water partition coefficient (Wildman–Crippen LogP) is 2.18. The van der Waals surface area contributed by atoms with Crippen LogP contribution in [0.25, 0.3) is 11.3 Å². The van der Waals surface area contributed by atoms with Gasteiger partial charge in [-0.25, -0.2) is 4.98 Å². The van der Waals surface area contributed by atoms with Crippen molar-refractivity contribution in [2.75, 3.05) is 0 Å². The molecular weight excluding hydrogens is 212 g/mol. The van der Waals surface area contributed by atoms with Crippen molar-refractivity contribution in [1.29, 1.82) is 0 Å². The van der Waals surface area contributed by atoms with Crippen LogP contribution in [-0.2, 0) is 5.88 Å². The van der Waals surface area contributed by atoms with Crippen LogP contribution in [0, 0.1) is 0 Å². The van der Waals surface area contributed by atoms with Gasteiger partial charge in [0, 0.05) is 11.6 Å². The lowest BCUT2D eigenvalue weighted by Gasteiger charge is -2.01. The van der Waals surface area contributed by atoms with E-state index in [9.17, 15) is 4.79 Å². The molecule has 0 saturated heterocycles. The van der Waals surface area contributed by atoms with Gasteiger partial charge in [-0.05, 0) is 0 Å². The molecule has 0 aliphatic heterocycles. The third-order valence-electron chi connectivity index (χ3n) is 1.99. The van der Waals surface area contributed by atoms with E-state index in [2.05, 4.69) is 9.97 Å². The summed E-state index contributed by atoms with van der Waals surface area (Å²) in [4.78, 5) is 18.1. The zero-order valence-corrected chi connectivity index (χ0v) is 8.66. The molecule has 3 nitrogen and oxygen atoms in total. The molecule has 0 spiro atoms. The summed E-state index contributed by atoms with van der Waals surface area (Å²) in [5, 5.41) is 0. The first-order valence-electron chi connectivity index (χ1n) is 4.51. The van der Waals surface area contributed by atoms with Crippen molar-refractivity contribution in [3.05, 3.63) is 52.6 Å². The summed E-state index contributed by atoms with van der Waals surface area (Å²) >= 11 is 5.63. The maximum absolute atomic E-state index is 11.3. The van der Waals surface area contributed by atoms with Crippen LogP contribution >= 0.6 is 11.6 Å². The van der Waals surface area contributed by atoms with Crippen LogP contribution in [0.1, 0.15) is 5.82 Å². The van der Waals surface area contributed by atoms with Gasteiger partial charge < -0.3 is 4.98 Å². The number of aromatic amines is 1. The monoisotopic (exact) mass is 220 g/mol. The van der Waals surface area contributed by atoms with Crippen LogP contribution in [0.15, 0.2) is 41.2 Å². The van der Waals surface area contributed by atoms with Crippen molar-refractivity contribution in [1.82, 2.24) is 9.97 Å². The van der Waals surface area contributed by atoms with Crippen LogP contribution in [0.4, 0.5) is 0 Å². The summed E-state index contributed by atoms with van der Waals surface area (Å²) in [5.41, 5.74) is 1.38. The van der Waals surface area contributed by atoms with Gasteiger partial charge in [-0.15, -0.1) is 11.6 Å². The van der Waals surface area contributed by atoms with Crippen molar-refractivity contribution in [3.63, 3.8) is 0 Å². The number of benzene rings is 1. The van der Waals surface area contributed by atoms with Gasteiger partial charge in [-0.3, -0.25) is 4.79 Å². The average molecular weight is 221 g/mol. The average Bonchev–Trinajstić information content (AvgIpc) is 2.29. The molecule has 76 valence electrons. The number of H-pyrrole nitrogens is 1. The number of hydrogen-bond acceptors (Lipinski definition) is 2. The summed E-state index contributed by atoms with van der Waals surface area (Å²) in [6.07, 6.45) is 0. The van der Waals surface area contributed by atoms with E-state index in [1.807, 2.05) is 30.3 Å². The fourth-order valence-electron chi connectivity index (χ4n) is 1.33. The molecule has 1 N–H and O–H groups in total. The summed E-state index contributed by atoms with van der Waals surface area (Å²) < 4.78 is 0. The number of nitrogens with zero attached hydrogens (tertiary/aromatic N) is 1. The number of hydrogen-bond donors (Lipinski definition) is 1. The second kappa shape index (κ2) is 4.28. The lowest BCUT2D eigenvalue weighted by molar-refractivity contribution is 1.00. The molecule has 0 amide bonds. The Balaban J connectivity index is 2.54. The molecule has 1 heterocycles. The van der Waals surface area contributed by atoms with E-state index < -0.39 is 0 Å². The molecule has 0 aliphatic rings. The molecular formula is C11H9ClN2O. The predicted molar refractivity (Wildman–Crippen MR) is 59.9 cm³/mol. The lowest BCUT2D eigenvalue weighted by Crippen LogP contribution is -2.09. The van der Waals surface area contributed by atoms with E-state index in [1.54, 1.807) is 0 Å². The van der Waals surface area contributed by atoms with E-state index in [4.69, 9.17) is 11.6 Å². The zero-order valence-electron chi connectivity index (χ0n) is 7.90. The maximum Gasteiger partial charge on any atom is 0.251 e. The minimum absolute atomic E-state index is 0.181. The van der Waals surface area contributed by atoms with Crippen molar-refractivity contribution < 1.29 is 0 Å². The first kappa shape index (κ1) is 9.93. The van der Waals surface area contributed by atoms with E-state index in [0.29, 0.717) is 11.5 Å². The Morgan fingerprint density at radius 1 is 1.27 bits per heavy atom. The Bertz CT molecular complexity index is 507. The van der Waals surface area contributed by atoms with E-state index >= 15 is 0 Å². The molecule has 4 heteroatoms. The highest BCUT2D eigenvalue weighted by Gasteiger charge is 2.02. The third kappa shape index (κ3) is 2.25. The highest BCUT2D eigenvalue weighted by atomic mass is 35.5. The maximum atomic E-state index is 11.3. The Kier molecular flexibility index (Phi) is 2.83. The SMILES string of the molecule is O=c1cc(-c2ccccc2)nc(CCl)[nH]1. The molecule has 1 aromatic carbocycles. The molecule has 0 saturated carbocycles. The highest BCUT2D eigenvalue weighted by Crippen LogP contribution is 2.14. The number of halogens is 1. The van der Waals surface area contributed by atoms with Crippen LogP contribution in [0.3, 0.4) is 0 Å². The molecule has 2 aromatic rings. The Morgan fingerprint density at radius 3 is 2.67 bits per heavy atom.